The maximum Gasteiger partial charge on any atom is 0.292 e. The number of carbonyl (C=O) groups is 1. The van der Waals surface area contributed by atoms with E-state index in [9.17, 15) is 14.9 Å². The van der Waals surface area contributed by atoms with Gasteiger partial charge in [-0.3, -0.25) is 14.9 Å². The highest BCUT2D eigenvalue weighted by molar-refractivity contribution is 8.00. The number of amides is 1. The van der Waals surface area contributed by atoms with Gasteiger partial charge in [-0.15, -0.1) is 10.2 Å². The summed E-state index contributed by atoms with van der Waals surface area (Å²) in [6, 6.07) is 12.8. The average molecular weight is 405 g/mol. The fourth-order valence-corrected chi connectivity index (χ4v) is 2.95. The normalized spacial score (nSPS) is 11.8. The van der Waals surface area contributed by atoms with Gasteiger partial charge in [-0.25, -0.2) is 0 Å². The second-order valence-corrected chi connectivity index (χ2v) is 7.13. The Balaban J connectivity index is 1.67. The number of rotatable bonds is 6. The van der Waals surface area contributed by atoms with Gasteiger partial charge in [0, 0.05) is 16.7 Å². The maximum absolute atomic E-state index is 12.3. The van der Waals surface area contributed by atoms with Crippen LogP contribution in [0, 0.1) is 10.1 Å². The Hall–Kier alpha value is -2.91. The summed E-state index contributed by atoms with van der Waals surface area (Å²) in [5.41, 5.74) is 0.661. The highest BCUT2D eigenvalue weighted by Crippen LogP contribution is 2.29. The van der Waals surface area contributed by atoms with Crippen molar-refractivity contribution in [2.24, 2.45) is 0 Å². The molecule has 0 unspecified atom stereocenters. The van der Waals surface area contributed by atoms with Crippen molar-refractivity contribution >= 4 is 40.6 Å². The topological polar surface area (TPSA) is 111 Å². The lowest BCUT2D eigenvalue weighted by molar-refractivity contribution is -0.383. The first-order valence-corrected chi connectivity index (χ1v) is 9.00. The van der Waals surface area contributed by atoms with Crippen molar-refractivity contribution in [1.29, 1.82) is 0 Å². The standard InChI is InChI=1S/C17H13ClN4O4S/c1-10(15(23)19-13-4-2-3-5-14(13)22(24)25)27-17-21-20-16(26-17)11-6-8-12(18)9-7-11/h2-10H,1H3,(H,19,23)/t10-/m1/s1. The Morgan fingerprint density at radius 3 is 2.63 bits per heavy atom. The maximum atomic E-state index is 12.3. The second kappa shape index (κ2) is 8.19. The smallest absolute Gasteiger partial charge is 0.292 e. The monoisotopic (exact) mass is 404 g/mol. The summed E-state index contributed by atoms with van der Waals surface area (Å²) in [7, 11) is 0. The van der Waals surface area contributed by atoms with Crippen molar-refractivity contribution in [2.45, 2.75) is 17.4 Å². The first kappa shape index (κ1) is 18.9. The summed E-state index contributed by atoms with van der Waals surface area (Å²) < 4.78 is 5.55. The van der Waals surface area contributed by atoms with Gasteiger partial charge in [-0.1, -0.05) is 35.5 Å². The fourth-order valence-electron chi connectivity index (χ4n) is 2.14. The van der Waals surface area contributed by atoms with E-state index >= 15 is 0 Å². The Labute approximate surface area is 163 Å². The van der Waals surface area contributed by atoms with Crippen LogP contribution in [0.5, 0.6) is 0 Å². The zero-order valence-corrected chi connectivity index (χ0v) is 15.5. The summed E-state index contributed by atoms with van der Waals surface area (Å²) in [4.78, 5) is 22.8. The lowest BCUT2D eigenvalue weighted by atomic mass is 10.2. The first-order valence-electron chi connectivity index (χ1n) is 7.74. The van der Waals surface area contributed by atoms with Gasteiger partial charge in [0.15, 0.2) is 0 Å². The van der Waals surface area contributed by atoms with E-state index in [-0.39, 0.29) is 16.6 Å². The SMILES string of the molecule is C[C@@H](Sc1nnc(-c2ccc(Cl)cc2)o1)C(=O)Nc1ccccc1[N+](=O)[O-]. The van der Waals surface area contributed by atoms with Crippen LogP contribution in [0.4, 0.5) is 11.4 Å². The lowest BCUT2D eigenvalue weighted by Gasteiger charge is -2.10. The van der Waals surface area contributed by atoms with Gasteiger partial charge in [-0.05, 0) is 37.3 Å². The zero-order valence-electron chi connectivity index (χ0n) is 14.0. The Morgan fingerprint density at radius 2 is 1.93 bits per heavy atom. The molecule has 0 saturated carbocycles. The summed E-state index contributed by atoms with van der Waals surface area (Å²) in [5, 5.41) is 21.6. The molecule has 2 aromatic carbocycles. The summed E-state index contributed by atoms with van der Waals surface area (Å²) in [5.74, 6) is -0.110. The predicted molar refractivity (Wildman–Crippen MR) is 102 cm³/mol. The molecule has 8 nitrogen and oxygen atoms in total. The minimum absolute atomic E-state index is 0.132. The van der Waals surface area contributed by atoms with Gasteiger partial charge in [0.2, 0.25) is 11.8 Å². The van der Waals surface area contributed by atoms with Gasteiger partial charge < -0.3 is 9.73 Å². The van der Waals surface area contributed by atoms with Crippen LogP contribution in [0.2, 0.25) is 5.02 Å². The van der Waals surface area contributed by atoms with Crippen molar-refractivity contribution in [3.63, 3.8) is 0 Å². The van der Waals surface area contributed by atoms with E-state index in [4.69, 9.17) is 16.0 Å². The largest absolute Gasteiger partial charge is 0.411 e. The quantitative estimate of drug-likeness (QED) is 0.367. The molecule has 27 heavy (non-hydrogen) atoms. The van der Waals surface area contributed by atoms with Gasteiger partial charge in [0.25, 0.3) is 10.9 Å². The number of anilines is 1. The molecule has 0 fully saturated rings. The molecule has 0 aliphatic rings. The summed E-state index contributed by atoms with van der Waals surface area (Å²) in [6.45, 7) is 1.64. The van der Waals surface area contributed by atoms with Crippen LogP contribution in [0.3, 0.4) is 0 Å². The van der Waals surface area contributed by atoms with E-state index in [0.29, 0.717) is 16.5 Å². The third-order valence-corrected chi connectivity index (χ3v) is 4.69. The first-order chi connectivity index (χ1) is 12.9. The number of benzene rings is 2. The third-order valence-electron chi connectivity index (χ3n) is 3.50. The molecule has 0 aliphatic carbocycles. The van der Waals surface area contributed by atoms with Gasteiger partial charge in [-0.2, -0.15) is 0 Å². The molecule has 3 aromatic rings. The number of nitro groups is 1. The van der Waals surface area contributed by atoms with E-state index in [1.165, 1.54) is 18.2 Å². The van der Waals surface area contributed by atoms with Crippen LogP contribution in [0.25, 0.3) is 11.5 Å². The van der Waals surface area contributed by atoms with E-state index < -0.39 is 16.1 Å². The number of carbonyl (C=O) groups excluding carboxylic acids is 1. The molecule has 0 radical (unpaired) electrons. The second-order valence-electron chi connectivity index (χ2n) is 5.40. The van der Waals surface area contributed by atoms with E-state index in [1.54, 1.807) is 37.3 Å². The number of para-hydroxylation sites is 2. The molecular formula is C17H13ClN4O4S. The van der Waals surface area contributed by atoms with E-state index in [1.807, 2.05) is 0 Å². The number of nitrogens with one attached hydrogen (secondary N) is 1. The number of hydrogen-bond acceptors (Lipinski definition) is 7. The summed E-state index contributed by atoms with van der Waals surface area (Å²) >= 11 is 6.90. The molecule has 0 saturated heterocycles. The van der Waals surface area contributed by atoms with E-state index in [2.05, 4.69) is 15.5 Å². The van der Waals surface area contributed by atoms with Crippen molar-refractivity contribution < 1.29 is 14.1 Å². The Kier molecular flexibility index (Phi) is 5.72. The molecule has 1 heterocycles. The number of halogens is 1. The number of hydrogen-bond donors (Lipinski definition) is 1. The van der Waals surface area contributed by atoms with Crippen LogP contribution in [0.15, 0.2) is 58.2 Å². The Bertz CT molecular complexity index is 977. The molecule has 0 aliphatic heterocycles. The molecule has 0 spiro atoms. The number of nitro benzene ring substituents is 1. The third kappa shape index (κ3) is 4.63. The lowest BCUT2D eigenvalue weighted by Crippen LogP contribution is -2.22. The minimum atomic E-state index is -0.608. The van der Waals surface area contributed by atoms with Crippen LogP contribution >= 0.6 is 23.4 Å². The van der Waals surface area contributed by atoms with Crippen molar-refractivity contribution in [2.75, 3.05) is 5.32 Å². The molecule has 10 heteroatoms. The predicted octanol–water partition coefficient (Wildman–Crippen LogP) is 4.42. The number of nitrogens with zero attached hydrogens (tertiary/aromatic N) is 3. The molecule has 1 N–H and O–H groups in total. The van der Waals surface area contributed by atoms with E-state index in [0.717, 1.165) is 11.8 Å². The fraction of sp³-hybridized carbons (Fsp3) is 0.118. The molecule has 0 bridgehead atoms. The molecule has 1 amide bonds. The molecular weight excluding hydrogens is 392 g/mol. The zero-order chi connectivity index (χ0) is 19.4. The molecule has 3 rings (SSSR count). The number of aromatic nitrogens is 2. The van der Waals surface area contributed by atoms with Crippen LogP contribution in [0.1, 0.15) is 6.92 Å². The highest BCUT2D eigenvalue weighted by Gasteiger charge is 2.22. The van der Waals surface area contributed by atoms with Crippen LogP contribution < -0.4 is 5.32 Å². The van der Waals surface area contributed by atoms with Gasteiger partial charge in [0.1, 0.15) is 5.69 Å². The molecule has 1 atom stereocenters. The number of thioether (sulfide) groups is 1. The van der Waals surface area contributed by atoms with Gasteiger partial charge >= 0.3 is 0 Å². The molecule has 138 valence electrons. The van der Waals surface area contributed by atoms with Gasteiger partial charge in [0.05, 0.1) is 10.2 Å². The van der Waals surface area contributed by atoms with Crippen LogP contribution in [-0.4, -0.2) is 26.3 Å². The van der Waals surface area contributed by atoms with Crippen LogP contribution in [-0.2, 0) is 4.79 Å². The Morgan fingerprint density at radius 1 is 1.22 bits per heavy atom. The highest BCUT2D eigenvalue weighted by atomic mass is 35.5. The minimum Gasteiger partial charge on any atom is -0.411 e. The van der Waals surface area contributed by atoms with Crippen molar-refractivity contribution in [1.82, 2.24) is 10.2 Å². The average Bonchev–Trinajstić information content (AvgIpc) is 3.11. The van der Waals surface area contributed by atoms with Crippen molar-refractivity contribution in [3.8, 4) is 11.5 Å². The van der Waals surface area contributed by atoms with Crippen molar-refractivity contribution in [3.05, 3.63) is 63.7 Å². The molecule has 1 aromatic heterocycles. The summed E-state index contributed by atoms with van der Waals surface area (Å²) in [6.07, 6.45) is 0.